The minimum absolute atomic E-state index is 0.0255. The van der Waals surface area contributed by atoms with Gasteiger partial charge in [-0.05, 0) is 24.3 Å². The van der Waals surface area contributed by atoms with Crippen LogP contribution in [0.1, 0.15) is 5.69 Å². The van der Waals surface area contributed by atoms with E-state index in [1.54, 1.807) is 36.7 Å². The zero-order chi connectivity index (χ0) is 13.0. The topological polar surface area (TPSA) is 84.4 Å². The third kappa shape index (κ3) is 2.91. The highest BCUT2D eigenvalue weighted by Crippen LogP contribution is 2.30. The second-order valence-electron chi connectivity index (χ2n) is 3.26. The molecule has 3 N–H and O–H groups in total. The molecule has 18 heavy (non-hydrogen) atoms. The molecule has 0 radical (unpaired) electrons. The molecular formula is C11H9ClN4OS. The van der Waals surface area contributed by atoms with Crippen molar-refractivity contribution in [2.45, 2.75) is 9.92 Å². The summed E-state index contributed by atoms with van der Waals surface area (Å²) in [5.74, 6) is -0.0255. The van der Waals surface area contributed by atoms with Crippen molar-refractivity contribution in [3.63, 3.8) is 0 Å². The lowest BCUT2D eigenvalue weighted by molar-refractivity contribution is 0.318. The third-order valence-corrected chi connectivity index (χ3v) is 3.46. The van der Waals surface area contributed by atoms with Crippen molar-refractivity contribution >= 4 is 29.2 Å². The van der Waals surface area contributed by atoms with Crippen LogP contribution < -0.4 is 5.73 Å². The summed E-state index contributed by atoms with van der Waals surface area (Å²) in [5, 5.41) is 12.7. The molecule has 0 fully saturated rings. The Bertz CT molecular complexity index is 574. The lowest BCUT2D eigenvalue weighted by atomic mass is 10.3. The molecular weight excluding hydrogens is 272 g/mol. The average Bonchev–Trinajstić information content (AvgIpc) is 2.41. The monoisotopic (exact) mass is 280 g/mol. The van der Waals surface area contributed by atoms with Crippen molar-refractivity contribution in [1.29, 1.82) is 0 Å². The quantitative estimate of drug-likeness (QED) is 0.390. The molecule has 0 atom stereocenters. The highest BCUT2D eigenvalue weighted by Gasteiger charge is 2.05. The smallest absolute Gasteiger partial charge is 0.188 e. The van der Waals surface area contributed by atoms with Crippen molar-refractivity contribution in [2.75, 3.05) is 0 Å². The molecule has 2 aromatic heterocycles. The predicted octanol–water partition coefficient (Wildman–Crippen LogP) is 2.38. The Labute approximate surface area is 113 Å². The molecule has 0 saturated heterocycles. The summed E-state index contributed by atoms with van der Waals surface area (Å²) in [6, 6.07) is 7.01. The van der Waals surface area contributed by atoms with Crippen LogP contribution in [0.4, 0.5) is 0 Å². The summed E-state index contributed by atoms with van der Waals surface area (Å²) in [4.78, 5) is 9.10. The molecule has 0 saturated carbocycles. The molecule has 0 bridgehead atoms. The zero-order valence-electron chi connectivity index (χ0n) is 9.12. The van der Waals surface area contributed by atoms with Crippen molar-refractivity contribution in [3.8, 4) is 0 Å². The zero-order valence-corrected chi connectivity index (χ0v) is 10.7. The van der Waals surface area contributed by atoms with Gasteiger partial charge in [-0.1, -0.05) is 28.5 Å². The summed E-state index contributed by atoms with van der Waals surface area (Å²) < 4.78 is 0. The van der Waals surface area contributed by atoms with Crippen molar-refractivity contribution in [3.05, 3.63) is 47.4 Å². The van der Waals surface area contributed by atoms with Crippen LogP contribution in [0.5, 0.6) is 0 Å². The first-order valence-corrected chi connectivity index (χ1v) is 6.12. The van der Waals surface area contributed by atoms with Gasteiger partial charge in [0.2, 0.25) is 0 Å². The maximum absolute atomic E-state index is 8.52. The standard InChI is InChI=1S/C11H9ClN4OS/c12-8-2-1-5-14-11(8)18-7-3-4-9(15-6-7)10(13)16-17/h1-6,17H,(H2,13,16). The Morgan fingerprint density at radius 3 is 2.78 bits per heavy atom. The Balaban J connectivity index is 2.19. The second kappa shape index (κ2) is 5.70. The first-order chi connectivity index (χ1) is 8.70. The molecule has 5 nitrogen and oxygen atoms in total. The van der Waals surface area contributed by atoms with Crippen molar-refractivity contribution in [1.82, 2.24) is 9.97 Å². The fraction of sp³-hybridized carbons (Fsp3) is 0. The number of halogens is 1. The number of pyridine rings is 2. The van der Waals surface area contributed by atoms with Gasteiger partial charge in [-0.2, -0.15) is 0 Å². The SMILES string of the molecule is N/C(=N/O)c1ccc(Sc2ncccc2Cl)cn1. The minimum atomic E-state index is -0.0255. The number of hydrogen-bond donors (Lipinski definition) is 2. The second-order valence-corrected chi connectivity index (χ2v) is 4.73. The Kier molecular flexibility index (Phi) is 4.01. The number of amidine groups is 1. The Morgan fingerprint density at radius 1 is 1.33 bits per heavy atom. The van der Waals surface area contributed by atoms with Crippen LogP contribution in [0, 0.1) is 0 Å². The molecule has 0 unspecified atom stereocenters. The van der Waals surface area contributed by atoms with Gasteiger partial charge in [-0.3, -0.25) is 4.98 Å². The van der Waals surface area contributed by atoms with Crippen LogP contribution in [0.25, 0.3) is 0 Å². The van der Waals surface area contributed by atoms with Crippen LogP contribution in [0.2, 0.25) is 5.02 Å². The van der Waals surface area contributed by atoms with Gasteiger partial charge in [0, 0.05) is 17.3 Å². The predicted molar refractivity (Wildman–Crippen MR) is 70.1 cm³/mol. The normalized spacial score (nSPS) is 11.5. The largest absolute Gasteiger partial charge is 0.409 e. The number of nitrogens with zero attached hydrogens (tertiary/aromatic N) is 3. The van der Waals surface area contributed by atoms with Crippen molar-refractivity contribution < 1.29 is 5.21 Å². The molecule has 0 aromatic carbocycles. The van der Waals surface area contributed by atoms with Gasteiger partial charge in [0.05, 0.1) is 5.02 Å². The van der Waals surface area contributed by atoms with E-state index in [1.807, 2.05) is 0 Å². The lowest BCUT2D eigenvalue weighted by Crippen LogP contribution is -2.14. The van der Waals surface area contributed by atoms with E-state index in [1.165, 1.54) is 11.8 Å². The first-order valence-electron chi connectivity index (χ1n) is 4.93. The molecule has 0 spiro atoms. The maximum Gasteiger partial charge on any atom is 0.188 e. The molecule has 2 aromatic rings. The van der Waals surface area contributed by atoms with E-state index in [0.29, 0.717) is 15.7 Å². The van der Waals surface area contributed by atoms with Crippen LogP contribution in [-0.4, -0.2) is 21.0 Å². The Hall–Kier alpha value is -1.79. The lowest BCUT2D eigenvalue weighted by Gasteiger charge is -2.03. The van der Waals surface area contributed by atoms with Gasteiger partial charge in [0.15, 0.2) is 5.84 Å². The number of rotatable bonds is 3. The summed E-state index contributed by atoms with van der Waals surface area (Å²) in [7, 11) is 0. The van der Waals surface area contributed by atoms with Gasteiger partial charge in [-0.25, -0.2) is 4.98 Å². The molecule has 2 rings (SSSR count). The van der Waals surface area contributed by atoms with E-state index in [4.69, 9.17) is 22.5 Å². The average molecular weight is 281 g/mol. The number of aromatic nitrogens is 2. The third-order valence-electron chi connectivity index (χ3n) is 2.05. The van der Waals surface area contributed by atoms with E-state index in [9.17, 15) is 0 Å². The minimum Gasteiger partial charge on any atom is -0.409 e. The summed E-state index contributed by atoms with van der Waals surface area (Å²) in [6.07, 6.45) is 3.29. The molecule has 2 heterocycles. The summed E-state index contributed by atoms with van der Waals surface area (Å²) in [6.45, 7) is 0. The molecule has 0 aliphatic rings. The van der Waals surface area contributed by atoms with Crippen LogP contribution in [0.3, 0.4) is 0 Å². The van der Waals surface area contributed by atoms with Crippen LogP contribution in [-0.2, 0) is 0 Å². The van der Waals surface area contributed by atoms with Gasteiger partial charge < -0.3 is 10.9 Å². The van der Waals surface area contributed by atoms with Gasteiger partial charge in [-0.15, -0.1) is 0 Å². The van der Waals surface area contributed by atoms with Crippen molar-refractivity contribution in [2.24, 2.45) is 10.9 Å². The summed E-state index contributed by atoms with van der Waals surface area (Å²) >= 11 is 7.40. The molecule has 0 aliphatic carbocycles. The first kappa shape index (κ1) is 12.7. The molecule has 0 amide bonds. The Morgan fingerprint density at radius 2 is 2.17 bits per heavy atom. The number of nitrogens with two attached hydrogens (primary N) is 1. The summed E-state index contributed by atoms with van der Waals surface area (Å²) in [5.41, 5.74) is 5.83. The number of hydrogen-bond acceptors (Lipinski definition) is 5. The molecule has 7 heteroatoms. The highest BCUT2D eigenvalue weighted by atomic mass is 35.5. The number of oxime groups is 1. The van der Waals surface area contributed by atoms with E-state index in [2.05, 4.69) is 15.1 Å². The van der Waals surface area contributed by atoms with Gasteiger partial charge in [0.1, 0.15) is 10.7 Å². The van der Waals surface area contributed by atoms with E-state index in [-0.39, 0.29) is 5.84 Å². The maximum atomic E-state index is 8.52. The fourth-order valence-corrected chi connectivity index (χ4v) is 2.18. The van der Waals surface area contributed by atoms with Crippen LogP contribution in [0.15, 0.2) is 51.7 Å². The fourth-order valence-electron chi connectivity index (χ4n) is 1.20. The molecule has 0 aliphatic heterocycles. The molecule has 92 valence electrons. The van der Waals surface area contributed by atoms with E-state index < -0.39 is 0 Å². The van der Waals surface area contributed by atoms with Crippen LogP contribution >= 0.6 is 23.4 Å². The van der Waals surface area contributed by atoms with E-state index >= 15 is 0 Å². The highest BCUT2D eigenvalue weighted by molar-refractivity contribution is 7.99. The van der Waals surface area contributed by atoms with Gasteiger partial charge in [0.25, 0.3) is 0 Å². The van der Waals surface area contributed by atoms with Gasteiger partial charge >= 0.3 is 0 Å². The van der Waals surface area contributed by atoms with E-state index in [0.717, 1.165) is 4.90 Å².